The Kier molecular flexibility index (Phi) is 5.05. The fraction of sp³-hybridized carbons (Fsp3) is 0.500. The highest BCUT2D eigenvalue weighted by Crippen LogP contribution is 2.29. The molecule has 0 fully saturated rings. The maximum absolute atomic E-state index is 5.43. The molecule has 0 spiro atoms. The molecule has 0 radical (unpaired) electrons. The number of pyridine rings is 1. The lowest BCUT2D eigenvalue weighted by molar-refractivity contribution is 0.304. The second kappa shape index (κ2) is 6.79. The van der Waals surface area contributed by atoms with Gasteiger partial charge in [-0.05, 0) is 29.9 Å². The van der Waals surface area contributed by atoms with Gasteiger partial charge in [0.2, 0.25) is 0 Å². The molecule has 1 N–H and O–H groups in total. The average Bonchev–Trinajstić information content (AvgIpc) is 2.46. The van der Waals surface area contributed by atoms with Gasteiger partial charge in [0.1, 0.15) is 11.6 Å². The van der Waals surface area contributed by atoms with Crippen LogP contribution in [0.15, 0.2) is 30.5 Å². The van der Waals surface area contributed by atoms with Crippen LogP contribution in [0, 0.1) is 17.8 Å². The summed E-state index contributed by atoms with van der Waals surface area (Å²) >= 11 is 0. The number of fused-ring (bicyclic) bond motifs is 1. The van der Waals surface area contributed by atoms with E-state index in [2.05, 4.69) is 44.1 Å². The lowest BCUT2D eigenvalue weighted by atomic mass is 9.85. The van der Waals surface area contributed by atoms with Gasteiger partial charge < -0.3 is 10.1 Å². The van der Waals surface area contributed by atoms with E-state index in [1.54, 1.807) is 7.11 Å². The van der Waals surface area contributed by atoms with E-state index in [9.17, 15) is 0 Å². The molecule has 0 atom stereocenters. The number of anilines is 1. The van der Waals surface area contributed by atoms with Crippen molar-refractivity contribution in [3.05, 3.63) is 30.5 Å². The average molecular weight is 286 g/mol. The second-order valence-electron chi connectivity index (χ2n) is 6.25. The quantitative estimate of drug-likeness (QED) is 0.843. The molecule has 1 heterocycles. The van der Waals surface area contributed by atoms with Crippen molar-refractivity contribution >= 4 is 16.6 Å². The largest absolute Gasteiger partial charge is 0.496 e. The van der Waals surface area contributed by atoms with Crippen LogP contribution in [0.3, 0.4) is 0 Å². The molecule has 0 saturated heterocycles. The minimum atomic E-state index is 0.632. The topological polar surface area (TPSA) is 34.1 Å². The van der Waals surface area contributed by atoms with Gasteiger partial charge in [-0.15, -0.1) is 0 Å². The minimum absolute atomic E-state index is 0.632. The van der Waals surface area contributed by atoms with E-state index >= 15 is 0 Å². The van der Waals surface area contributed by atoms with Crippen molar-refractivity contribution < 1.29 is 4.74 Å². The summed E-state index contributed by atoms with van der Waals surface area (Å²) in [7, 11) is 1.70. The van der Waals surface area contributed by atoms with E-state index in [1.165, 1.54) is 0 Å². The number of nitrogens with zero attached hydrogens (tertiary/aromatic N) is 1. The maximum Gasteiger partial charge on any atom is 0.133 e. The normalized spacial score (nSPS) is 11.6. The molecule has 1 aromatic carbocycles. The van der Waals surface area contributed by atoms with Gasteiger partial charge >= 0.3 is 0 Å². The van der Waals surface area contributed by atoms with Crippen LogP contribution in [-0.4, -0.2) is 18.6 Å². The highest BCUT2D eigenvalue weighted by Gasteiger charge is 2.17. The van der Waals surface area contributed by atoms with Crippen molar-refractivity contribution in [1.82, 2.24) is 4.98 Å². The van der Waals surface area contributed by atoms with Gasteiger partial charge in [-0.25, -0.2) is 4.98 Å². The van der Waals surface area contributed by atoms with Crippen molar-refractivity contribution in [3.8, 4) is 5.75 Å². The van der Waals surface area contributed by atoms with E-state index in [0.717, 1.165) is 28.9 Å². The molecule has 0 aliphatic heterocycles. The van der Waals surface area contributed by atoms with Gasteiger partial charge in [0, 0.05) is 23.5 Å². The van der Waals surface area contributed by atoms with Gasteiger partial charge in [0.25, 0.3) is 0 Å². The molecule has 0 unspecified atom stereocenters. The van der Waals surface area contributed by atoms with Crippen molar-refractivity contribution in [2.75, 3.05) is 19.0 Å². The van der Waals surface area contributed by atoms with Crippen LogP contribution in [0.1, 0.15) is 27.7 Å². The molecular formula is C18H26N2O. The molecule has 0 aliphatic carbocycles. The first kappa shape index (κ1) is 15.6. The number of hydrogen-bond acceptors (Lipinski definition) is 3. The molecule has 2 aromatic rings. The van der Waals surface area contributed by atoms with Crippen molar-refractivity contribution in [2.24, 2.45) is 17.8 Å². The number of benzene rings is 1. The second-order valence-corrected chi connectivity index (χ2v) is 6.25. The fourth-order valence-corrected chi connectivity index (χ4v) is 2.95. The van der Waals surface area contributed by atoms with Crippen LogP contribution < -0.4 is 10.1 Å². The number of ether oxygens (including phenoxy) is 1. The molecule has 21 heavy (non-hydrogen) atoms. The van der Waals surface area contributed by atoms with Gasteiger partial charge in [-0.2, -0.15) is 0 Å². The Balaban J connectivity index is 2.27. The standard InChI is InChI=1S/C18H26N2O/c1-12(2)16(13(3)4)11-20-18-15-7-6-8-17(21-5)14(15)9-10-19-18/h6-10,12-13,16H,11H2,1-5H3,(H,19,20). The third-order valence-electron chi connectivity index (χ3n) is 4.20. The minimum Gasteiger partial charge on any atom is -0.496 e. The Bertz CT molecular complexity index is 585. The number of aromatic nitrogens is 1. The van der Waals surface area contributed by atoms with Crippen LogP contribution in [0.2, 0.25) is 0 Å². The fourth-order valence-electron chi connectivity index (χ4n) is 2.95. The lowest BCUT2D eigenvalue weighted by Gasteiger charge is -2.25. The van der Waals surface area contributed by atoms with Crippen molar-refractivity contribution in [1.29, 1.82) is 0 Å². The molecule has 3 heteroatoms. The summed E-state index contributed by atoms with van der Waals surface area (Å²) in [6.45, 7) is 10.1. The van der Waals surface area contributed by atoms with E-state index in [0.29, 0.717) is 17.8 Å². The molecule has 0 bridgehead atoms. The zero-order valence-corrected chi connectivity index (χ0v) is 13.7. The highest BCUT2D eigenvalue weighted by atomic mass is 16.5. The molecular weight excluding hydrogens is 260 g/mol. The molecule has 2 rings (SSSR count). The third kappa shape index (κ3) is 3.46. The highest BCUT2D eigenvalue weighted by molar-refractivity contribution is 5.95. The van der Waals surface area contributed by atoms with E-state index in [-0.39, 0.29) is 0 Å². The Morgan fingerprint density at radius 3 is 2.38 bits per heavy atom. The molecule has 114 valence electrons. The summed E-state index contributed by atoms with van der Waals surface area (Å²) in [5.41, 5.74) is 0. The number of rotatable bonds is 6. The van der Waals surface area contributed by atoms with Crippen LogP contribution in [-0.2, 0) is 0 Å². The SMILES string of the molecule is COc1cccc2c(NCC(C(C)C)C(C)C)nccc12. The van der Waals surface area contributed by atoms with Crippen LogP contribution >= 0.6 is 0 Å². The molecule has 1 aromatic heterocycles. The first-order valence-corrected chi connectivity index (χ1v) is 7.70. The van der Waals surface area contributed by atoms with Crippen molar-refractivity contribution in [2.45, 2.75) is 27.7 Å². The predicted molar refractivity (Wildman–Crippen MR) is 90.0 cm³/mol. The van der Waals surface area contributed by atoms with Crippen molar-refractivity contribution in [3.63, 3.8) is 0 Å². The number of nitrogens with one attached hydrogen (secondary N) is 1. The van der Waals surface area contributed by atoms with Crippen LogP contribution in [0.5, 0.6) is 5.75 Å². The molecule has 0 amide bonds. The van der Waals surface area contributed by atoms with Gasteiger partial charge in [0.05, 0.1) is 7.11 Å². The lowest BCUT2D eigenvalue weighted by Crippen LogP contribution is -2.24. The number of hydrogen-bond donors (Lipinski definition) is 1. The van der Waals surface area contributed by atoms with Gasteiger partial charge in [-0.1, -0.05) is 39.8 Å². The Hall–Kier alpha value is -1.77. The first-order valence-electron chi connectivity index (χ1n) is 7.70. The Morgan fingerprint density at radius 2 is 1.76 bits per heavy atom. The Labute approximate surface area is 127 Å². The zero-order valence-electron chi connectivity index (χ0n) is 13.7. The third-order valence-corrected chi connectivity index (χ3v) is 4.20. The summed E-state index contributed by atoms with van der Waals surface area (Å²) in [5, 5.41) is 5.75. The summed E-state index contributed by atoms with van der Waals surface area (Å²) in [5.74, 6) is 3.77. The summed E-state index contributed by atoms with van der Waals surface area (Å²) in [6, 6.07) is 8.09. The molecule has 0 aliphatic rings. The predicted octanol–water partition coefficient (Wildman–Crippen LogP) is 4.58. The number of methoxy groups -OCH3 is 1. The summed E-state index contributed by atoms with van der Waals surface area (Å²) in [4.78, 5) is 4.51. The molecule has 3 nitrogen and oxygen atoms in total. The van der Waals surface area contributed by atoms with Gasteiger partial charge in [0.15, 0.2) is 0 Å². The molecule has 0 saturated carbocycles. The summed E-state index contributed by atoms with van der Waals surface area (Å²) in [6.07, 6.45) is 1.84. The van der Waals surface area contributed by atoms with Crippen LogP contribution in [0.25, 0.3) is 10.8 Å². The van der Waals surface area contributed by atoms with E-state index in [1.807, 2.05) is 24.4 Å². The summed E-state index contributed by atoms with van der Waals surface area (Å²) < 4.78 is 5.43. The first-order chi connectivity index (χ1) is 10.0. The zero-order chi connectivity index (χ0) is 15.4. The maximum atomic E-state index is 5.43. The van der Waals surface area contributed by atoms with E-state index in [4.69, 9.17) is 4.74 Å². The smallest absolute Gasteiger partial charge is 0.133 e. The van der Waals surface area contributed by atoms with E-state index < -0.39 is 0 Å². The monoisotopic (exact) mass is 286 g/mol. The Morgan fingerprint density at radius 1 is 1.05 bits per heavy atom. The van der Waals surface area contributed by atoms with Crippen LogP contribution in [0.4, 0.5) is 5.82 Å². The van der Waals surface area contributed by atoms with Gasteiger partial charge in [-0.3, -0.25) is 0 Å².